The van der Waals surface area contributed by atoms with Gasteiger partial charge in [-0.15, -0.1) is 0 Å². The van der Waals surface area contributed by atoms with Crippen LogP contribution < -0.4 is 5.73 Å². The van der Waals surface area contributed by atoms with Crippen molar-refractivity contribution < 1.29 is 4.74 Å². The van der Waals surface area contributed by atoms with Crippen molar-refractivity contribution in [1.29, 1.82) is 0 Å². The summed E-state index contributed by atoms with van der Waals surface area (Å²) >= 11 is 0. The molecule has 4 heteroatoms. The summed E-state index contributed by atoms with van der Waals surface area (Å²) in [5.41, 5.74) is 6.37. The van der Waals surface area contributed by atoms with Crippen molar-refractivity contribution in [3.8, 4) is 0 Å². The van der Waals surface area contributed by atoms with Crippen LogP contribution in [0, 0.1) is 0 Å². The van der Waals surface area contributed by atoms with Crippen molar-refractivity contribution in [3.63, 3.8) is 0 Å². The quantitative estimate of drug-likeness (QED) is 0.811. The van der Waals surface area contributed by atoms with E-state index in [1.807, 2.05) is 0 Å². The lowest BCUT2D eigenvalue weighted by Crippen LogP contribution is -2.61. The Morgan fingerprint density at radius 1 is 1.28 bits per heavy atom. The van der Waals surface area contributed by atoms with Crippen LogP contribution in [0.3, 0.4) is 0 Å². The zero-order valence-corrected chi connectivity index (χ0v) is 12.0. The Kier molecular flexibility index (Phi) is 5.01. The summed E-state index contributed by atoms with van der Waals surface area (Å²) in [7, 11) is 2.21. The summed E-state index contributed by atoms with van der Waals surface area (Å²) in [5, 5.41) is 0. The highest BCUT2D eigenvalue weighted by molar-refractivity contribution is 4.97. The number of ether oxygens (including phenoxy) is 1. The molecule has 0 aromatic rings. The highest BCUT2D eigenvalue weighted by Crippen LogP contribution is 2.30. The van der Waals surface area contributed by atoms with Crippen molar-refractivity contribution in [1.82, 2.24) is 9.80 Å². The monoisotopic (exact) mass is 255 g/mol. The van der Waals surface area contributed by atoms with Crippen LogP contribution in [-0.4, -0.2) is 67.8 Å². The molecule has 1 unspecified atom stereocenters. The fraction of sp³-hybridized carbons (Fsp3) is 1.00. The van der Waals surface area contributed by atoms with Gasteiger partial charge in [-0.05, 0) is 59.3 Å². The minimum absolute atomic E-state index is 0.238. The number of nitrogens with zero attached hydrogens (tertiary/aromatic N) is 2. The number of piperidine rings is 2. The van der Waals surface area contributed by atoms with Gasteiger partial charge in [0.2, 0.25) is 0 Å². The summed E-state index contributed by atoms with van der Waals surface area (Å²) < 4.78 is 5.82. The van der Waals surface area contributed by atoms with Crippen molar-refractivity contribution in [3.05, 3.63) is 0 Å². The third kappa shape index (κ3) is 3.05. The first-order valence-electron chi connectivity index (χ1n) is 7.45. The smallest absolute Gasteiger partial charge is 0.0702 e. The molecule has 0 aromatic heterocycles. The Labute approximate surface area is 111 Å². The van der Waals surface area contributed by atoms with Crippen LogP contribution in [0.2, 0.25) is 0 Å². The van der Waals surface area contributed by atoms with Gasteiger partial charge in [0.15, 0.2) is 0 Å². The van der Waals surface area contributed by atoms with Crippen LogP contribution in [0.15, 0.2) is 0 Å². The van der Waals surface area contributed by atoms with Crippen molar-refractivity contribution in [2.24, 2.45) is 5.73 Å². The number of hydrogen-bond acceptors (Lipinski definition) is 4. The lowest BCUT2D eigenvalue weighted by molar-refractivity contribution is -0.0492. The minimum atomic E-state index is 0.238. The summed E-state index contributed by atoms with van der Waals surface area (Å²) in [6.07, 6.45) is 5.30. The van der Waals surface area contributed by atoms with Gasteiger partial charge in [0.25, 0.3) is 0 Å². The number of nitrogens with two attached hydrogens (primary N) is 1. The Morgan fingerprint density at radius 3 is 2.61 bits per heavy atom. The maximum Gasteiger partial charge on any atom is 0.0702 e. The second kappa shape index (κ2) is 6.33. The van der Waals surface area contributed by atoms with Crippen molar-refractivity contribution >= 4 is 0 Å². The van der Waals surface area contributed by atoms with E-state index in [9.17, 15) is 0 Å². The second-order valence-electron chi connectivity index (χ2n) is 5.90. The highest BCUT2D eigenvalue weighted by atomic mass is 16.5. The zero-order valence-electron chi connectivity index (χ0n) is 12.0. The zero-order chi connectivity index (χ0) is 13.0. The summed E-state index contributed by atoms with van der Waals surface area (Å²) in [6.45, 7) is 8.34. The van der Waals surface area contributed by atoms with Gasteiger partial charge < -0.3 is 15.4 Å². The van der Waals surface area contributed by atoms with Crippen molar-refractivity contribution in [2.45, 2.75) is 44.2 Å². The molecule has 0 amide bonds. The third-order valence-corrected chi connectivity index (χ3v) is 4.75. The predicted molar refractivity (Wildman–Crippen MR) is 74.7 cm³/mol. The van der Waals surface area contributed by atoms with E-state index in [0.717, 1.165) is 19.7 Å². The number of hydrogen-bond donors (Lipinski definition) is 1. The van der Waals surface area contributed by atoms with Crippen LogP contribution >= 0.6 is 0 Å². The van der Waals surface area contributed by atoms with Gasteiger partial charge in [0.1, 0.15) is 0 Å². The van der Waals surface area contributed by atoms with E-state index < -0.39 is 0 Å². The molecule has 2 heterocycles. The van der Waals surface area contributed by atoms with Crippen LogP contribution in [0.5, 0.6) is 0 Å². The molecule has 106 valence electrons. The van der Waals surface area contributed by atoms with E-state index in [1.165, 1.54) is 45.3 Å². The Morgan fingerprint density at radius 2 is 2.00 bits per heavy atom. The lowest BCUT2D eigenvalue weighted by atomic mass is 9.84. The Bertz CT molecular complexity index is 249. The first kappa shape index (κ1) is 14.3. The molecule has 2 fully saturated rings. The normalized spacial score (nSPS) is 30.5. The first-order chi connectivity index (χ1) is 8.70. The second-order valence-corrected chi connectivity index (χ2v) is 5.90. The van der Waals surface area contributed by atoms with Gasteiger partial charge in [0, 0.05) is 25.2 Å². The molecule has 2 saturated heterocycles. The van der Waals surface area contributed by atoms with E-state index in [2.05, 4.69) is 23.8 Å². The lowest BCUT2D eigenvalue weighted by Gasteiger charge is -2.50. The molecule has 0 bridgehead atoms. The molecule has 0 saturated carbocycles. The maximum absolute atomic E-state index is 6.13. The molecule has 2 aliphatic rings. The van der Waals surface area contributed by atoms with E-state index in [0.29, 0.717) is 6.10 Å². The minimum Gasteiger partial charge on any atom is -0.377 e. The molecule has 2 N–H and O–H groups in total. The predicted octanol–water partition coefficient (Wildman–Crippen LogP) is 0.910. The Hall–Kier alpha value is -0.160. The first-order valence-corrected chi connectivity index (χ1v) is 7.45. The van der Waals surface area contributed by atoms with Gasteiger partial charge in [-0.2, -0.15) is 0 Å². The molecule has 2 rings (SSSR count). The summed E-state index contributed by atoms with van der Waals surface area (Å²) in [5.74, 6) is 0. The van der Waals surface area contributed by atoms with Gasteiger partial charge in [-0.1, -0.05) is 0 Å². The summed E-state index contributed by atoms with van der Waals surface area (Å²) in [6, 6.07) is 0. The van der Waals surface area contributed by atoms with Crippen LogP contribution in [0.25, 0.3) is 0 Å². The fourth-order valence-corrected chi connectivity index (χ4v) is 3.42. The molecule has 1 atom stereocenters. The average molecular weight is 255 g/mol. The van der Waals surface area contributed by atoms with Crippen molar-refractivity contribution in [2.75, 3.05) is 46.4 Å². The molecule has 0 spiro atoms. The van der Waals surface area contributed by atoms with E-state index in [-0.39, 0.29) is 5.54 Å². The fourth-order valence-electron chi connectivity index (χ4n) is 3.42. The van der Waals surface area contributed by atoms with Gasteiger partial charge >= 0.3 is 0 Å². The highest BCUT2D eigenvalue weighted by Gasteiger charge is 2.40. The van der Waals surface area contributed by atoms with Crippen LogP contribution in [-0.2, 0) is 4.74 Å². The van der Waals surface area contributed by atoms with Crippen LogP contribution in [0.4, 0.5) is 0 Å². The van der Waals surface area contributed by atoms with Gasteiger partial charge in [-0.3, -0.25) is 4.90 Å². The van der Waals surface area contributed by atoms with E-state index in [4.69, 9.17) is 10.5 Å². The molecule has 4 nitrogen and oxygen atoms in total. The summed E-state index contributed by atoms with van der Waals surface area (Å²) in [4.78, 5) is 5.04. The standard InChI is InChI=1S/C14H29N3O/c1-3-18-13-5-4-8-17(11-13)14(12-15)6-9-16(2)10-7-14/h13H,3-12,15H2,1-2H3. The molecule has 0 radical (unpaired) electrons. The molecule has 0 aliphatic carbocycles. The largest absolute Gasteiger partial charge is 0.377 e. The topological polar surface area (TPSA) is 41.7 Å². The van der Waals surface area contributed by atoms with Crippen LogP contribution in [0.1, 0.15) is 32.6 Å². The molecular weight excluding hydrogens is 226 g/mol. The number of rotatable bonds is 4. The van der Waals surface area contributed by atoms with E-state index in [1.54, 1.807) is 0 Å². The molecule has 2 aliphatic heterocycles. The molecular formula is C14H29N3O. The molecule has 0 aromatic carbocycles. The molecule has 18 heavy (non-hydrogen) atoms. The van der Waals surface area contributed by atoms with Gasteiger partial charge in [-0.25, -0.2) is 0 Å². The number of likely N-dealkylation sites (tertiary alicyclic amines) is 2. The average Bonchev–Trinajstić information content (AvgIpc) is 2.41. The van der Waals surface area contributed by atoms with Gasteiger partial charge in [0.05, 0.1) is 6.10 Å². The SMILES string of the molecule is CCOC1CCCN(C2(CN)CCN(C)CC2)C1. The maximum atomic E-state index is 6.13. The van der Waals surface area contributed by atoms with E-state index >= 15 is 0 Å². The third-order valence-electron chi connectivity index (χ3n) is 4.75. The Balaban J connectivity index is 1.98.